The molecule has 1 aliphatic heterocycles. The first-order chi connectivity index (χ1) is 9.89. The van der Waals surface area contributed by atoms with Crippen molar-refractivity contribution >= 4 is 17.4 Å². The van der Waals surface area contributed by atoms with E-state index in [0.717, 1.165) is 31.5 Å². The van der Waals surface area contributed by atoms with Crippen LogP contribution in [0.15, 0.2) is 5.38 Å². The Morgan fingerprint density at radius 2 is 2.24 bits per heavy atom. The van der Waals surface area contributed by atoms with Crippen LogP contribution in [0, 0.1) is 5.92 Å². The number of amides is 1. The molecule has 116 valence electrons. The van der Waals surface area contributed by atoms with Crippen molar-refractivity contribution < 1.29 is 14.6 Å². The lowest BCUT2D eigenvalue weighted by atomic mass is 9.79. The smallest absolute Gasteiger partial charge is 0.410 e. The normalized spacial score (nSPS) is 24.7. The van der Waals surface area contributed by atoms with Gasteiger partial charge in [0.1, 0.15) is 5.60 Å². The summed E-state index contributed by atoms with van der Waals surface area (Å²) in [5, 5.41) is 11.6. The molecular weight excluding hydrogens is 286 g/mol. The number of aliphatic hydroxyl groups excluding tert-OH is 1. The maximum Gasteiger partial charge on any atom is 0.410 e. The van der Waals surface area contributed by atoms with Crippen molar-refractivity contribution in [3.8, 4) is 0 Å². The molecule has 0 aromatic carbocycles. The molecular formula is C16H23NO3S. The summed E-state index contributed by atoms with van der Waals surface area (Å²) in [6, 6.07) is 0. The van der Waals surface area contributed by atoms with Crippen LogP contribution in [0.1, 0.15) is 49.1 Å². The molecule has 1 aliphatic carbocycles. The van der Waals surface area contributed by atoms with Gasteiger partial charge in [-0.3, -0.25) is 0 Å². The van der Waals surface area contributed by atoms with Gasteiger partial charge in [0.2, 0.25) is 0 Å². The van der Waals surface area contributed by atoms with Crippen molar-refractivity contribution in [2.75, 3.05) is 13.1 Å². The molecule has 1 N–H and O–H groups in total. The van der Waals surface area contributed by atoms with E-state index in [0.29, 0.717) is 11.8 Å². The first kappa shape index (κ1) is 14.9. The number of thiophene rings is 1. The van der Waals surface area contributed by atoms with Gasteiger partial charge >= 0.3 is 6.09 Å². The van der Waals surface area contributed by atoms with Crippen molar-refractivity contribution in [2.24, 2.45) is 5.92 Å². The van der Waals surface area contributed by atoms with Crippen LogP contribution in [0.25, 0.3) is 0 Å². The number of aliphatic hydroxyl groups is 1. The van der Waals surface area contributed by atoms with Gasteiger partial charge in [-0.2, -0.15) is 0 Å². The maximum absolute atomic E-state index is 12.3. The molecule has 2 atom stereocenters. The van der Waals surface area contributed by atoms with Gasteiger partial charge in [0.25, 0.3) is 0 Å². The lowest BCUT2D eigenvalue weighted by Crippen LogP contribution is -2.35. The lowest BCUT2D eigenvalue weighted by Gasteiger charge is -2.25. The van der Waals surface area contributed by atoms with E-state index in [4.69, 9.17) is 4.74 Å². The molecule has 0 bridgehead atoms. The Bertz CT molecular complexity index is 533. The fraction of sp³-hybridized carbons (Fsp3) is 0.688. The molecule has 1 fully saturated rings. The third-order valence-corrected chi connectivity index (χ3v) is 5.48. The number of nitrogens with zero attached hydrogens (tertiary/aromatic N) is 1. The Hall–Kier alpha value is -1.07. The van der Waals surface area contributed by atoms with E-state index >= 15 is 0 Å². The third kappa shape index (κ3) is 2.81. The molecule has 3 rings (SSSR count). The van der Waals surface area contributed by atoms with E-state index < -0.39 is 5.60 Å². The van der Waals surface area contributed by atoms with E-state index in [2.05, 4.69) is 5.38 Å². The summed E-state index contributed by atoms with van der Waals surface area (Å²) in [6.07, 6.45) is 1.99. The van der Waals surface area contributed by atoms with Crippen molar-refractivity contribution in [1.29, 1.82) is 0 Å². The number of carbonyl (C=O) groups is 1. The second-order valence-corrected chi connectivity index (χ2v) is 8.01. The molecule has 2 heterocycles. The number of carbonyl (C=O) groups excluding carboxylic acids is 1. The lowest BCUT2D eigenvalue weighted by molar-refractivity contribution is 0.0286. The van der Waals surface area contributed by atoms with Crippen molar-refractivity contribution in [3.05, 3.63) is 21.4 Å². The van der Waals surface area contributed by atoms with Crippen LogP contribution in [-0.2, 0) is 17.8 Å². The average molecular weight is 309 g/mol. The number of likely N-dealkylation sites (tertiary alicyclic amines) is 1. The first-order valence-electron chi connectivity index (χ1n) is 7.57. The molecule has 1 aromatic rings. The molecule has 21 heavy (non-hydrogen) atoms. The van der Waals surface area contributed by atoms with Gasteiger partial charge < -0.3 is 14.7 Å². The summed E-state index contributed by atoms with van der Waals surface area (Å²) in [5.74, 6) is 0.875. The van der Waals surface area contributed by atoms with E-state index in [1.165, 1.54) is 10.4 Å². The average Bonchev–Trinajstić information content (AvgIpc) is 2.99. The number of hydrogen-bond acceptors (Lipinski definition) is 4. The standard InChI is InChI=1S/C16H23NO3S/c1-16(2,3)20-15(19)17-6-10-4-5-13-14(12(10)7-17)11(8-18)9-21-13/h9-10,12,18H,4-8H2,1-3H3. The van der Waals surface area contributed by atoms with Crippen LogP contribution >= 0.6 is 11.3 Å². The molecule has 0 saturated carbocycles. The highest BCUT2D eigenvalue weighted by Gasteiger charge is 2.42. The molecule has 2 aliphatic rings. The Labute approximate surface area is 129 Å². The van der Waals surface area contributed by atoms with Gasteiger partial charge in [-0.1, -0.05) is 0 Å². The van der Waals surface area contributed by atoms with Gasteiger partial charge in [0, 0.05) is 23.9 Å². The Morgan fingerprint density at radius 1 is 1.48 bits per heavy atom. The Kier molecular flexibility index (Phi) is 3.74. The fourth-order valence-corrected chi connectivity index (χ4v) is 4.62. The Balaban J connectivity index is 1.78. The summed E-state index contributed by atoms with van der Waals surface area (Å²) in [4.78, 5) is 15.5. The number of fused-ring (bicyclic) bond motifs is 3. The number of rotatable bonds is 1. The molecule has 0 radical (unpaired) electrons. The van der Waals surface area contributed by atoms with Gasteiger partial charge in [0.15, 0.2) is 0 Å². The second-order valence-electron chi connectivity index (χ2n) is 7.05. The van der Waals surface area contributed by atoms with Gasteiger partial charge in [-0.25, -0.2) is 4.79 Å². The Morgan fingerprint density at radius 3 is 2.90 bits per heavy atom. The summed E-state index contributed by atoms with van der Waals surface area (Å²) < 4.78 is 5.49. The number of ether oxygens (including phenoxy) is 1. The quantitative estimate of drug-likeness (QED) is 0.867. The van der Waals surface area contributed by atoms with E-state index in [-0.39, 0.29) is 12.7 Å². The molecule has 5 heteroatoms. The van der Waals surface area contributed by atoms with Crippen LogP contribution in [-0.4, -0.2) is 34.8 Å². The minimum absolute atomic E-state index is 0.0987. The van der Waals surface area contributed by atoms with Crippen molar-refractivity contribution in [2.45, 2.75) is 51.7 Å². The minimum Gasteiger partial charge on any atom is -0.444 e. The molecule has 1 amide bonds. The van der Waals surface area contributed by atoms with E-state index in [1.807, 2.05) is 25.7 Å². The van der Waals surface area contributed by atoms with Crippen molar-refractivity contribution in [1.82, 2.24) is 4.90 Å². The molecule has 2 unspecified atom stereocenters. The molecule has 1 aromatic heterocycles. The highest BCUT2D eigenvalue weighted by molar-refractivity contribution is 7.10. The van der Waals surface area contributed by atoms with E-state index in [9.17, 15) is 9.90 Å². The van der Waals surface area contributed by atoms with Crippen LogP contribution < -0.4 is 0 Å². The minimum atomic E-state index is -0.450. The topological polar surface area (TPSA) is 49.8 Å². The van der Waals surface area contributed by atoms with Gasteiger partial charge in [-0.15, -0.1) is 11.3 Å². The van der Waals surface area contributed by atoms with Crippen LogP contribution in [0.3, 0.4) is 0 Å². The highest BCUT2D eigenvalue weighted by Crippen LogP contribution is 2.45. The summed E-state index contributed by atoms with van der Waals surface area (Å²) in [5.41, 5.74) is 1.91. The first-order valence-corrected chi connectivity index (χ1v) is 8.45. The summed E-state index contributed by atoms with van der Waals surface area (Å²) in [6.45, 7) is 7.29. The zero-order valence-corrected chi connectivity index (χ0v) is 13.7. The fourth-order valence-electron chi connectivity index (χ4n) is 3.49. The predicted molar refractivity (Wildman–Crippen MR) is 82.6 cm³/mol. The van der Waals surface area contributed by atoms with Crippen LogP contribution in [0.5, 0.6) is 0 Å². The second kappa shape index (κ2) is 5.29. The largest absolute Gasteiger partial charge is 0.444 e. The highest BCUT2D eigenvalue weighted by atomic mass is 32.1. The maximum atomic E-state index is 12.3. The predicted octanol–water partition coefficient (Wildman–Crippen LogP) is 3.14. The monoisotopic (exact) mass is 309 g/mol. The summed E-state index contributed by atoms with van der Waals surface area (Å²) in [7, 11) is 0. The molecule has 1 saturated heterocycles. The molecule has 0 spiro atoms. The number of aryl methyl sites for hydroxylation is 1. The number of hydrogen-bond donors (Lipinski definition) is 1. The van der Waals surface area contributed by atoms with Gasteiger partial charge in [-0.05, 0) is 56.0 Å². The SMILES string of the molecule is CC(C)(C)OC(=O)N1CC2CCc3scc(CO)c3C2C1. The zero-order valence-electron chi connectivity index (χ0n) is 12.9. The van der Waals surface area contributed by atoms with Crippen molar-refractivity contribution in [3.63, 3.8) is 0 Å². The summed E-state index contributed by atoms with van der Waals surface area (Å²) >= 11 is 1.75. The van der Waals surface area contributed by atoms with Crippen LogP contribution in [0.4, 0.5) is 4.79 Å². The van der Waals surface area contributed by atoms with E-state index in [1.54, 1.807) is 11.3 Å². The molecule has 4 nitrogen and oxygen atoms in total. The van der Waals surface area contributed by atoms with Gasteiger partial charge in [0.05, 0.1) is 6.61 Å². The third-order valence-electron chi connectivity index (χ3n) is 4.37. The zero-order chi connectivity index (χ0) is 15.2. The van der Waals surface area contributed by atoms with Crippen LogP contribution in [0.2, 0.25) is 0 Å².